The molecule has 1 atom stereocenters. The maximum atomic E-state index is 12.8. The number of nitriles is 1. The number of hydrogen-bond acceptors (Lipinski definition) is 7. The van der Waals surface area contributed by atoms with Gasteiger partial charge in [0.05, 0.1) is 41.0 Å². The zero-order chi connectivity index (χ0) is 20.8. The van der Waals surface area contributed by atoms with E-state index in [0.29, 0.717) is 5.70 Å². The maximum Gasteiger partial charge on any atom is 0.387 e. The second-order valence-electron chi connectivity index (χ2n) is 5.54. The number of carboxylic acids is 1. The first kappa shape index (κ1) is 21.2. The number of ether oxygens (including phenoxy) is 2. The highest BCUT2D eigenvalue weighted by atomic mass is 32.2. The largest absolute Gasteiger partial charge is 0.481 e. The molecule has 0 bridgehead atoms. The van der Waals surface area contributed by atoms with Crippen molar-refractivity contribution in [1.82, 2.24) is 5.32 Å². The van der Waals surface area contributed by atoms with Crippen molar-refractivity contribution in [3.63, 3.8) is 0 Å². The Labute approximate surface area is 163 Å². The third-order valence-corrected chi connectivity index (χ3v) is 4.84. The lowest BCUT2D eigenvalue weighted by molar-refractivity contribution is -0.136. The molecule has 0 radical (unpaired) electrons. The van der Waals surface area contributed by atoms with E-state index in [1.165, 1.54) is 18.2 Å². The molecule has 1 aliphatic rings. The van der Waals surface area contributed by atoms with Gasteiger partial charge in [-0.15, -0.1) is 0 Å². The number of carbonyl (C=O) groups excluding carboxylic acids is 1. The number of esters is 1. The third-order valence-electron chi connectivity index (χ3n) is 3.84. The number of para-hydroxylation sites is 1. The summed E-state index contributed by atoms with van der Waals surface area (Å²) in [5.41, 5.74) is 0.524. The molecule has 28 heavy (non-hydrogen) atoms. The van der Waals surface area contributed by atoms with Gasteiger partial charge in [0.15, 0.2) is 0 Å². The molecular weight excluding hydrogens is 394 g/mol. The summed E-state index contributed by atoms with van der Waals surface area (Å²) in [4.78, 5) is 23.3. The van der Waals surface area contributed by atoms with E-state index in [9.17, 15) is 23.6 Å². The lowest BCUT2D eigenvalue weighted by atomic mass is 9.82. The van der Waals surface area contributed by atoms with Gasteiger partial charge >= 0.3 is 18.6 Å². The van der Waals surface area contributed by atoms with E-state index in [2.05, 4.69) is 10.1 Å². The topological polar surface area (TPSA) is 109 Å². The monoisotopic (exact) mass is 410 g/mol. The van der Waals surface area contributed by atoms with E-state index in [0.717, 1.165) is 18.9 Å². The smallest absolute Gasteiger partial charge is 0.387 e. The molecule has 7 nitrogen and oxygen atoms in total. The van der Waals surface area contributed by atoms with Crippen LogP contribution in [-0.2, 0) is 14.3 Å². The molecule has 0 saturated carbocycles. The SMILES string of the molecule is COC(=O)C1=C(C)NC(SCC(=O)O)=C(C#N)C1c1ccccc1OC(F)F. The van der Waals surface area contributed by atoms with Crippen molar-refractivity contribution in [2.75, 3.05) is 12.9 Å². The van der Waals surface area contributed by atoms with Crippen LogP contribution < -0.4 is 10.1 Å². The summed E-state index contributed by atoms with van der Waals surface area (Å²) < 4.78 is 35.1. The number of hydrogen-bond donors (Lipinski definition) is 2. The van der Waals surface area contributed by atoms with E-state index < -0.39 is 24.5 Å². The zero-order valence-electron chi connectivity index (χ0n) is 14.9. The number of allylic oxidation sites excluding steroid dienone is 2. The average Bonchev–Trinajstić information content (AvgIpc) is 2.65. The van der Waals surface area contributed by atoms with Crippen LogP contribution in [0.25, 0.3) is 0 Å². The molecule has 0 aliphatic carbocycles. The Bertz CT molecular complexity index is 892. The Kier molecular flexibility index (Phi) is 7.00. The van der Waals surface area contributed by atoms with Gasteiger partial charge in [-0.3, -0.25) is 4.79 Å². The molecule has 0 amide bonds. The number of nitrogens with zero attached hydrogens (tertiary/aromatic N) is 1. The van der Waals surface area contributed by atoms with Gasteiger partial charge in [-0.2, -0.15) is 14.0 Å². The Morgan fingerprint density at radius 3 is 2.64 bits per heavy atom. The second kappa shape index (κ2) is 9.23. The average molecular weight is 410 g/mol. The number of rotatable bonds is 7. The molecule has 1 unspecified atom stereocenters. The Balaban J connectivity index is 2.68. The van der Waals surface area contributed by atoms with E-state index in [4.69, 9.17) is 9.84 Å². The molecule has 0 fully saturated rings. The first-order valence-electron chi connectivity index (χ1n) is 7.88. The van der Waals surface area contributed by atoms with Gasteiger partial charge in [-0.25, -0.2) is 4.79 Å². The lowest BCUT2D eigenvalue weighted by Gasteiger charge is -2.29. The van der Waals surface area contributed by atoms with Crippen LogP contribution in [0.3, 0.4) is 0 Å². The molecule has 1 heterocycles. The molecule has 0 saturated heterocycles. The van der Waals surface area contributed by atoms with Crippen molar-refractivity contribution < 1.29 is 33.0 Å². The maximum absolute atomic E-state index is 12.8. The number of thioether (sulfide) groups is 1. The van der Waals surface area contributed by atoms with Crippen molar-refractivity contribution in [3.05, 3.63) is 51.7 Å². The molecule has 2 N–H and O–H groups in total. The van der Waals surface area contributed by atoms with Gasteiger partial charge < -0.3 is 19.9 Å². The molecular formula is C18H16F2N2O5S. The molecule has 1 aliphatic heterocycles. The predicted octanol–water partition coefficient (Wildman–Crippen LogP) is 2.97. The van der Waals surface area contributed by atoms with E-state index in [1.807, 2.05) is 6.07 Å². The number of carboxylic acid groups (broad SMARTS) is 1. The van der Waals surface area contributed by atoms with Gasteiger partial charge in [-0.05, 0) is 13.0 Å². The first-order valence-corrected chi connectivity index (χ1v) is 8.87. The molecule has 0 spiro atoms. The molecule has 10 heteroatoms. The Morgan fingerprint density at radius 1 is 1.39 bits per heavy atom. The van der Waals surface area contributed by atoms with Gasteiger partial charge in [0.2, 0.25) is 0 Å². The summed E-state index contributed by atoms with van der Waals surface area (Å²) in [5, 5.41) is 21.7. The van der Waals surface area contributed by atoms with E-state index in [-0.39, 0.29) is 33.2 Å². The van der Waals surface area contributed by atoms with Crippen LogP contribution in [0.2, 0.25) is 0 Å². The molecule has 148 valence electrons. The van der Waals surface area contributed by atoms with Crippen LogP contribution in [0.4, 0.5) is 8.78 Å². The quantitative estimate of drug-likeness (QED) is 0.661. The fraction of sp³-hybridized carbons (Fsp3) is 0.278. The normalized spacial score (nSPS) is 16.5. The number of nitrogens with one attached hydrogen (secondary N) is 1. The Morgan fingerprint density at radius 2 is 2.07 bits per heavy atom. The van der Waals surface area contributed by atoms with E-state index in [1.54, 1.807) is 13.0 Å². The van der Waals surface area contributed by atoms with Crippen molar-refractivity contribution in [1.29, 1.82) is 5.26 Å². The fourth-order valence-electron chi connectivity index (χ4n) is 2.77. The first-order chi connectivity index (χ1) is 13.3. The van der Waals surface area contributed by atoms with Crippen LogP contribution >= 0.6 is 11.8 Å². The Hall–Kier alpha value is -3.06. The standard InChI is InChI=1S/C18H16F2N2O5S/c1-9-14(17(25)26-2)15(10-5-3-4-6-12(10)27-18(19)20)11(7-21)16(22-9)28-8-13(23)24/h3-6,15,18,22H,8H2,1-2H3,(H,23,24). The van der Waals surface area contributed by atoms with Crippen molar-refractivity contribution in [2.24, 2.45) is 0 Å². The minimum atomic E-state index is -3.11. The number of aliphatic carboxylic acids is 1. The molecule has 2 rings (SSSR count). The molecule has 0 aromatic heterocycles. The predicted molar refractivity (Wildman–Crippen MR) is 96.4 cm³/mol. The third kappa shape index (κ3) is 4.61. The number of halogens is 2. The number of benzene rings is 1. The van der Waals surface area contributed by atoms with Crippen LogP contribution in [0.5, 0.6) is 5.75 Å². The van der Waals surface area contributed by atoms with Gasteiger partial charge in [0.25, 0.3) is 0 Å². The highest BCUT2D eigenvalue weighted by Crippen LogP contribution is 2.44. The summed E-state index contributed by atoms with van der Waals surface area (Å²) >= 11 is 0.853. The number of dihydropyridines is 1. The van der Waals surface area contributed by atoms with E-state index >= 15 is 0 Å². The minimum Gasteiger partial charge on any atom is -0.481 e. The molecule has 1 aromatic rings. The van der Waals surface area contributed by atoms with Gasteiger partial charge in [-0.1, -0.05) is 30.0 Å². The highest BCUT2D eigenvalue weighted by molar-refractivity contribution is 8.03. The van der Waals surface area contributed by atoms with Crippen molar-refractivity contribution in [2.45, 2.75) is 19.5 Å². The van der Waals surface area contributed by atoms with Crippen LogP contribution in [-0.4, -0.2) is 36.5 Å². The van der Waals surface area contributed by atoms with Crippen molar-refractivity contribution >= 4 is 23.7 Å². The summed E-state index contributed by atoms with van der Waals surface area (Å²) in [5.74, 6) is -3.46. The van der Waals surface area contributed by atoms with Crippen LogP contribution in [0, 0.1) is 11.3 Å². The summed E-state index contributed by atoms with van der Waals surface area (Å²) in [6, 6.07) is 7.75. The number of carbonyl (C=O) groups is 2. The van der Waals surface area contributed by atoms with Gasteiger partial charge in [0, 0.05) is 11.3 Å². The number of alkyl halides is 2. The second-order valence-corrected chi connectivity index (χ2v) is 6.53. The van der Waals surface area contributed by atoms with Crippen LogP contribution in [0.1, 0.15) is 18.4 Å². The summed E-state index contributed by atoms with van der Waals surface area (Å²) in [6.45, 7) is -1.56. The fourth-order valence-corrected chi connectivity index (χ4v) is 3.59. The summed E-state index contributed by atoms with van der Waals surface area (Å²) in [7, 11) is 1.16. The minimum absolute atomic E-state index is 0.00238. The molecule has 1 aromatic carbocycles. The van der Waals surface area contributed by atoms with Gasteiger partial charge in [0.1, 0.15) is 5.75 Å². The highest BCUT2D eigenvalue weighted by Gasteiger charge is 2.37. The zero-order valence-corrected chi connectivity index (χ0v) is 15.7. The van der Waals surface area contributed by atoms with Crippen LogP contribution in [0.15, 0.2) is 46.1 Å². The number of methoxy groups -OCH3 is 1. The summed E-state index contributed by atoms with van der Waals surface area (Å²) in [6.07, 6.45) is 0. The lowest BCUT2D eigenvalue weighted by Crippen LogP contribution is -2.29. The van der Waals surface area contributed by atoms with Crippen molar-refractivity contribution in [3.8, 4) is 11.8 Å².